The van der Waals surface area contributed by atoms with E-state index in [4.69, 9.17) is 9.47 Å². The molecule has 0 aliphatic heterocycles. The second kappa shape index (κ2) is 12.2. The Balaban J connectivity index is 4.25. The van der Waals surface area contributed by atoms with Crippen LogP contribution in [0.15, 0.2) is 0 Å². The van der Waals surface area contributed by atoms with Crippen LogP contribution in [0.3, 0.4) is 0 Å². The van der Waals surface area contributed by atoms with Gasteiger partial charge < -0.3 is 9.47 Å². The Labute approximate surface area is 168 Å². The van der Waals surface area contributed by atoms with E-state index in [1.165, 1.54) is 0 Å². The second-order valence-electron chi connectivity index (χ2n) is 8.28. The number of carbonyl (C=O) groups is 2. The maximum atomic E-state index is 12.1. The molecule has 0 bridgehead atoms. The van der Waals surface area contributed by atoms with Crippen LogP contribution in [0.4, 0.5) is 0 Å². The summed E-state index contributed by atoms with van der Waals surface area (Å²) in [5.41, 5.74) is -0.922. The molecule has 0 saturated heterocycles. The van der Waals surface area contributed by atoms with E-state index in [0.717, 1.165) is 37.2 Å². The number of esters is 2. The lowest BCUT2D eigenvalue weighted by Crippen LogP contribution is -2.33. The van der Waals surface area contributed by atoms with Crippen molar-refractivity contribution in [2.75, 3.05) is 24.0 Å². The largest absolute Gasteiger partial charge is 0.459 e. The van der Waals surface area contributed by atoms with Crippen LogP contribution in [-0.4, -0.2) is 47.2 Å². The van der Waals surface area contributed by atoms with Gasteiger partial charge in [0.25, 0.3) is 0 Å². The molecule has 0 spiro atoms. The van der Waals surface area contributed by atoms with Gasteiger partial charge in [-0.1, -0.05) is 13.8 Å². The first-order chi connectivity index (χ1) is 11.9. The first-order valence-corrected chi connectivity index (χ1v) is 12.2. The molecule has 4 nitrogen and oxygen atoms in total. The van der Waals surface area contributed by atoms with Crippen molar-refractivity contribution in [1.82, 2.24) is 0 Å². The van der Waals surface area contributed by atoms with Gasteiger partial charge >= 0.3 is 11.9 Å². The minimum Gasteiger partial charge on any atom is -0.459 e. The fourth-order valence-electron chi connectivity index (χ4n) is 2.59. The Hall–Kier alpha value is -0.360. The number of ether oxygens (including phenoxy) is 2. The molecular weight excluding hydrogens is 368 g/mol. The molecule has 0 amide bonds. The molecule has 0 aromatic heterocycles. The van der Waals surface area contributed by atoms with Crippen molar-refractivity contribution >= 4 is 35.5 Å². The predicted octanol–water partition coefficient (Wildman–Crippen LogP) is 5.19. The normalized spacial score (nSPS) is 14.6. The van der Waals surface area contributed by atoms with E-state index in [2.05, 4.69) is 0 Å². The van der Waals surface area contributed by atoms with Crippen molar-refractivity contribution in [3.8, 4) is 0 Å². The van der Waals surface area contributed by atoms with Gasteiger partial charge in [0.2, 0.25) is 0 Å². The van der Waals surface area contributed by atoms with Crippen molar-refractivity contribution in [1.29, 1.82) is 0 Å². The highest BCUT2D eigenvalue weighted by molar-refractivity contribution is 7.98. The zero-order chi connectivity index (χ0) is 20.4. The Bertz CT molecular complexity index is 396. The molecule has 154 valence electrons. The minimum absolute atomic E-state index is 0.0779. The summed E-state index contributed by atoms with van der Waals surface area (Å²) in [6, 6.07) is 0. The highest BCUT2D eigenvalue weighted by atomic mass is 32.2. The monoisotopic (exact) mass is 406 g/mol. The summed E-state index contributed by atoms with van der Waals surface area (Å²) in [6.07, 6.45) is 7.45. The van der Waals surface area contributed by atoms with Crippen LogP contribution < -0.4 is 0 Å². The van der Waals surface area contributed by atoms with Gasteiger partial charge in [0.15, 0.2) is 0 Å². The maximum Gasteiger partial charge on any atom is 0.310 e. The standard InChI is InChI=1S/C20H38O4S2/c1-15(13-25-7)17(21)23-19(3,4)11-9-10-12-20(5,6)24-18(22)16(2)14-26-8/h15-16H,9-14H2,1-8H3. The summed E-state index contributed by atoms with van der Waals surface area (Å²) in [6.45, 7) is 11.7. The Morgan fingerprint density at radius 1 is 0.769 bits per heavy atom. The first-order valence-electron chi connectivity index (χ1n) is 9.37. The fraction of sp³-hybridized carbons (Fsp3) is 0.900. The van der Waals surface area contributed by atoms with E-state index in [1.54, 1.807) is 23.5 Å². The van der Waals surface area contributed by atoms with Gasteiger partial charge in [-0.15, -0.1) is 0 Å². The van der Waals surface area contributed by atoms with Crippen LogP contribution in [0, 0.1) is 11.8 Å². The third-order valence-electron chi connectivity index (χ3n) is 4.20. The van der Waals surface area contributed by atoms with Gasteiger partial charge in [0, 0.05) is 11.5 Å². The van der Waals surface area contributed by atoms with E-state index in [-0.39, 0.29) is 23.8 Å². The highest BCUT2D eigenvalue weighted by Gasteiger charge is 2.28. The van der Waals surface area contributed by atoms with Crippen LogP contribution in [-0.2, 0) is 19.1 Å². The molecule has 0 fully saturated rings. The zero-order valence-corrected chi connectivity index (χ0v) is 19.5. The van der Waals surface area contributed by atoms with Crippen molar-refractivity contribution in [3.05, 3.63) is 0 Å². The van der Waals surface area contributed by atoms with Gasteiger partial charge in [0.1, 0.15) is 11.2 Å². The quantitative estimate of drug-likeness (QED) is 0.310. The molecule has 0 aromatic carbocycles. The molecule has 0 N–H and O–H groups in total. The summed E-state index contributed by atoms with van der Waals surface area (Å²) in [5.74, 6) is 1.16. The van der Waals surface area contributed by atoms with Gasteiger partial charge in [-0.25, -0.2) is 0 Å². The third kappa shape index (κ3) is 11.4. The Kier molecular flexibility index (Phi) is 12.0. The number of thioether (sulfide) groups is 2. The lowest BCUT2D eigenvalue weighted by Gasteiger charge is -2.29. The molecule has 0 aliphatic rings. The smallest absolute Gasteiger partial charge is 0.310 e. The summed E-state index contributed by atoms with van der Waals surface area (Å²) >= 11 is 3.31. The van der Waals surface area contributed by atoms with Crippen LogP contribution >= 0.6 is 23.5 Å². The van der Waals surface area contributed by atoms with Gasteiger partial charge in [0.05, 0.1) is 11.8 Å². The van der Waals surface area contributed by atoms with E-state index in [9.17, 15) is 9.59 Å². The Morgan fingerprint density at radius 2 is 1.08 bits per heavy atom. The third-order valence-corrected chi connectivity index (χ3v) is 5.87. The van der Waals surface area contributed by atoms with Crippen molar-refractivity contribution in [3.63, 3.8) is 0 Å². The molecule has 2 unspecified atom stereocenters. The molecule has 2 atom stereocenters. The topological polar surface area (TPSA) is 52.6 Å². The van der Waals surface area contributed by atoms with Gasteiger partial charge in [-0.2, -0.15) is 23.5 Å². The number of unbranched alkanes of at least 4 members (excludes halogenated alkanes) is 1. The highest BCUT2D eigenvalue weighted by Crippen LogP contribution is 2.25. The lowest BCUT2D eigenvalue weighted by molar-refractivity contribution is -0.163. The Morgan fingerprint density at radius 3 is 1.35 bits per heavy atom. The van der Waals surface area contributed by atoms with Crippen LogP contribution in [0.5, 0.6) is 0 Å². The lowest BCUT2D eigenvalue weighted by atomic mass is 9.95. The number of rotatable bonds is 13. The first kappa shape index (κ1) is 25.6. The van der Waals surface area contributed by atoms with Crippen LogP contribution in [0.25, 0.3) is 0 Å². The van der Waals surface area contributed by atoms with E-state index in [1.807, 2.05) is 54.1 Å². The average molecular weight is 407 g/mol. The molecule has 0 radical (unpaired) electrons. The molecule has 6 heteroatoms. The van der Waals surface area contributed by atoms with Gasteiger partial charge in [-0.05, 0) is 65.9 Å². The minimum atomic E-state index is -0.461. The van der Waals surface area contributed by atoms with E-state index in [0.29, 0.717) is 0 Å². The van der Waals surface area contributed by atoms with Crippen molar-refractivity contribution < 1.29 is 19.1 Å². The van der Waals surface area contributed by atoms with Crippen molar-refractivity contribution in [2.24, 2.45) is 11.8 Å². The molecular formula is C20H38O4S2. The zero-order valence-electron chi connectivity index (χ0n) is 17.8. The molecule has 0 aliphatic carbocycles. The molecule has 0 saturated carbocycles. The van der Waals surface area contributed by atoms with Crippen molar-refractivity contribution in [2.45, 2.75) is 78.4 Å². The predicted molar refractivity (Wildman–Crippen MR) is 114 cm³/mol. The summed E-state index contributed by atoms with van der Waals surface area (Å²) < 4.78 is 11.3. The van der Waals surface area contributed by atoms with E-state index >= 15 is 0 Å². The SMILES string of the molecule is CSCC(C)C(=O)OC(C)(C)CCCCC(C)(C)OC(=O)C(C)CSC. The number of hydrogen-bond donors (Lipinski definition) is 0. The molecule has 0 heterocycles. The second-order valence-corrected chi connectivity index (χ2v) is 10.1. The number of hydrogen-bond acceptors (Lipinski definition) is 6. The summed E-state index contributed by atoms with van der Waals surface area (Å²) in [4.78, 5) is 24.2. The van der Waals surface area contributed by atoms with E-state index < -0.39 is 11.2 Å². The molecule has 26 heavy (non-hydrogen) atoms. The maximum absolute atomic E-state index is 12.1. The van der Waals surface area contributed by atoms with Gasteiger partial charge in [-0.3, -0.25) is 9.59 Å². The van der Waals surface area contributed by atoms with Crippen LogP contribution in [0.1, 0.15) is 67.2 Å². The average Bonchev–Trinajstić information content (AvgIpc) is 2.51. The molecule has 0 rings (SSSR count). The molecule has 0 aromatic rings. The summed E-state index contributed by atoms with van der Waals surface area (Å²) in [5, 5.41) is 0. The number of carbonyl (C=O) groups excluding carboxylic acids is 2. The van der Waals surface area contributed by atoms with Crippen LogP contribution in [0.2, 0.25) is 0 Å². The fourth-order valence-corrected chi connectivity index (χ4v) is 3.86. The summed E-state index contributed by atoms with van der Waals surface area (Å²) in [7, 11) is 0.